The van der Waals surface area contributed by atoms with Crippen LogP contribution in [0.15, 0.2) is 0 Å². The average Bonchev–Trinajstić information content (AvgIpc) is 3.20. The van der Waals surface area contributed by atoms with E-state index in [0.29, 0.717) is 19.1 Å². The predicted molar refractivity (Wildman–Crippen MR) is 69.8 cm³/mol. The number of nitrogens with zero attached hydrogens (tertiary/aromatic N) is 1. The van der Waals surface area contributed by atoms with Gasteiger partial charge in [0.15, 0.2) is 0 Å². The van der Waals surface area contributed by atoms with E-state index in [1.165, 1.54) is 17.1 Å². The van der Waals surface area contributed by atoms with E-state index in [1.54, 1.807) is 0 Å². The van der Waals surface area contributed by atoms with Gasteiger partial charge in [0, 0.05) is 25.2 Å². The highest BCUT2D eigenvalue weighted by Gasteiger charge is 2.34. The predicted octanol–water partition coefficient (Wildman–Crippen LogP) is 0.194. The maximum atomic E-state index is 12.1. The van der Waals surface area contributed by atoms with Crippen molar-refractivity contribution in [1.82, 2.24) is 14.3 Å². The summed E-state index contributed by atoms with van der Waals surface area (Å²) in [6, 6.07) is 0.455. The molecule has 7 nitrogen and oxygen atoms in total. The molecule has 1 saturated heterocycles. The number of methoxy groups -OCH3 is 1. The molecule has 2 N–H and O–H groups in total. The highest BCUT2D eigenvalue weighted by Crippen LogP contribution is 2.22. The molecule has 1 atom stereocenters. The maximum absolute atomic E-state index is 12.1. The zero-order valence-electron chi connectivity index (χ0n) is 11.1. The molecule has 2 fully saturated rings. The molecular formula is C11H21N3O4S. The monoisotopic (exact) mass is 291 g/mol. The van der Waals surface area contributed by atoms with Gasteiger partial charge in [0.25, 0.3) is 0 Å². The number of amides is 1. The molecule has 1 amide bonds. The van der Waals surface area contributed by atoms with Gasteiger partial charge in [-0.2, -0.15) is 12.7 Å². The third-order valence-corrected chi connectivity index (χ3v) is 5.02. The molecule has 110 valence electrons. The third kappa shape index (κ3) is 4.05. The largest absolute Gasteiger partial charge is 0.452 e. The van der Waals surface area contributed by atoms with Crippen LogP contribution in [0.1, 0.15) is 32.1 Å². The second kappa shape index (κ2) is 6.06. The van der Waals surface area contributed by atoms with Crippen LogP contribution in [0, 0.1) is 0 Å². The molecule has 8 heteroatoms. The molecule has 2 aliphatic rings. The summed E-state index contributed by atoms with van der Waals surface area (Å²) < 4.78 is 31.9. The van der Waals surface area contributed by atoms with Crippen LogP contribution < -0.4 is 10.0 Å². The average molecular weight is 291 g/mol. The van der Waals surface area contributed by atoms with Crippen molar-refractivity contribution in [3.8, 4) is 0 Å². The van der Waals surface area contributed by atoms with Crippen molar-refractivity contribution in [3.05, 3.63) is 0 Å². The Labute approximate surface area is 113 Å². The van der Waals surface area contributed by atoms with E-state index < -0.39 is 16.3 Å². The highest BCUT2D eigenvalue weighted by atomic mass is 32.2. The van der Waals surface area contributed by atoms with Crippen molar-refractivity contribution in [2.75, 3.05) is 20.2 Å². The molecular weight excluding hydrogens is 270 g/mol. The van der Waals surface area contributed by atoms with E-state index >= 15 is 0 Å². The van der Waals surface area contributed by atoms with E-state index in [4.69, 9.17) is 0 Å². The SMILES string of the molecule is COC(=O)NS(=O)(=O)N1CCCCC1CNC1CC1. The smallest absolute Gasteiger partial charge is 0.421 e. The van der Waals surface area contributed by atoms with Gasteiger partial charge in [-0.15, -0.1) is 0 Å². The van der Waals surface area contributed by atoms with Crippen LogP contribution in [0.4, 0.5) is 4.79 Å². The first-order chi connectivity index (χ1) is 9.03. The molecule has 0 aromatic rings. The summed E-state index contributed by atoms with van der Waals surface area (Å²) in [5.41, 5.74) is 0. The summed E-state index contributed by atoms with van der Waals surface area (Å²) in [7, 11) is -2.66. The van der Waals surface area contributed by atoms with Crippen molar-refractivity contribution >= 4 is 16.3 Å². The van der Waals surface area contributed by atoms with Crippen LogP contribution in [0.5, 0.6) is 0 Å². The fraction of sp³-hybridized carbons (Fsp3) is 0.909. The molecule has 0 aromatic carbocycles. The Balaban J connectivity index is 1.98. The van der Waals surface area contributed by atoms with Gasteiger partial charge in [-0.25, -0.2) is 9.52 Å². The summed E-state index contributed by atoms with van der Waals surface area (Å²) in [5, 5.41) is 3.35. The lowest BCUT2D eigenvalue weighted by Crippen LogP contribution is -2.53. The van der Waals surface area contributed by atoms with E-state index in [9.17, 15) is 13.2 Å². The molecule has 1 unspecified atom stereocenters. The van der Waals surface area contributed by atoms with Crippen molar-refractivity contribution in [1.29, 1.82) is 0 Å². The molecule has 1 aliphatic heterocycles. The normalized spacial score (nSPS) is 25.0. The molecule has 0 spiro atoms. The van der Waals surface area contributed by atoms with Gasteiger partial charge in [0.05, 0.1) is 7.11 Å². The van der Waals surface area contributed by atoms with E-state index in [2.05, 4.69) is 10.1 Å². The number of piperidine rings is 1. The summed E-state index contributed by atoms with van der Waals surface area (Å²) in [6.07, 6.45) is 4.05. The number of rotatable bonds is 5. The minimum atomic E-state index is -3.80. The van der Waals surface area contributed by atoms with Crippen LogP contribution in [0.3, 0.4) is 0 Å². The van der Waals surface area contributed by atoms with Gasteiger partial charge < -0.3 is 10.1 Å². The van der Waals surface area contributed by atoms with Gasteiger partial charge in [-0.05, 0) is 25.7 Å². The number of hydrogen-bond acceptors (Lipinski definition) is 5. The van der Waals surface area contributed by atoms with Gasteiger partial charge >= 0.3 is 16.3 Å². The number of ether oxygens (including phenoxy) is 1. The molecule has 0 aromatic heterocycles. The van der Waals surface area contributed by atoms with Gasteiger partial charge in [-0.3, -0.25) is 0 Å². The highest BCUT2D eigenvalue weighted by molar-refractivity contribution is 7.87. The standard InChI is InChI=1S/C11H21N3O4S/c1-18-11(15)13-19(16,17)14-7-3-2-4-10(14)8-12-9-5-6-9/h9-10,12H,2-8H2,1H3,(H,13,15). The summed E-state index contributed by atoms with van der Waals surface area (Å²) in [5.74, 6) is 0. The molecule has 1 heterocycles. The van der Waals surface area contributed by atoms with Gasteiger partial charge in [0.1, 0.15) is 0 Å². The van der Waals surface area contributed by atoms with Crippen LogP contribution in [0.2, 0.25) is 0 Å². The van der Waals surface area contributed by atoms with Crippen LogP contribution >= 0.6 is 0 Å². The van der Waals surface area contributed by atoms with Crippen molar-refractivity contribution < 1.29 is 17.9 Å². The molecule has 1 aliphatic carbocycles. The second-order valence-electron chi connectivity index (χ2n) is 5.04. The first-order valence-corrected chi connectivity index (χ1v) is 8.08. The van der Waals surface area contributed by atoms with Crippen LogP contribution in [0.25, 0.3) is 0 Å². The molecule has 19 heavy (non-hydrogen) atoms. The topological polar surface area (TPSA) is 87.7 Å². The third-order valence-electron chi connectivity index (χ3n) is 3.50. The molecule has 0 radical (unpaired) electrons. The Bertz CT molecular complexity index is 422. The van der Waals surface area contributed by atoms with Crippen LogP contribution in [-0.2, 0) is 14.9 Å². The van der Waals surface area contributed by atoms with Gasteiger partial charge in [-0.1, -0.05) is 6.42 Å². The molecule has 2 rings (SSSR count). The maximum Gasteiger partial charge on any atom is 0.421 e. The lowest BCUT2D eigenvalue weighted by Gasteiger charge is -2.34. The Morgan fingerprint density at radius 1 is 1.32 bits per heavy atom. The van der Waals surface area contributed by atoms with Gasteiger partial charge in [0.2, 0.25) is 0 Å². The number of nitrogens with one attached hydrogen (secondary N) is 2. The number of carbonyl (C=O) groups excluding carboxylic acids is 1. The Morgan fingerprint density at radius 2 is 2.05 bits per heavy atom. The van der Waals surface area contributed by atoms with E-state index in [1.807, 2.05) is 4.72 Å². The van der Waals surface area contributed by atoms with Crippen molar-refractivity contribution in [2.45, 2.75) is 44.2 Å². The lowest BCUT2D eigenvalue weighted by molar-refractivity contribution is 0.175. The fourth-order valence-corrected chi connectivity index (χ4v) is 3.64. The minimum absolute atomic E-state index is 0.0866. The number of hydrogen-bond donors (Lipinski definition) is 2. The summed E-state index contributed by atoms with van der Waals surface area (Å²) in [4.78, 5) is 11.1. The quantitative estimate of drug-likeness (QED) is 0.755. The first kappa shape index (κ1) is 14.5. The van der Waals surface area contributed by atoms with Crippen LogP contribution in [-0.4, -0.2) is 51.1 Å². The van der Waals surface area contributed by atoms with E-state index in [0.717, 1.165) is 26.4 Å². The Hall–Kier alpha value is -0.860. The first-order valence-electron chi connectivity index (χ1n) is 6.64. The zero-order valence-corrected chi connectivity index (χ0v) is 11.9. The minimum Gasteiger partial charge on any atom is -0.452 e. The Morgan fingerprint density at radius 3 is 2.68 bits per heavy atom. The summed E-state index contributed by atoms with van der Waals surface area (Å²) in [6.45, 7) is 1.09. The fourth-order valence-electron chi connectivity index (χ4n) is 2.29. The van der Waals surface area contributed by atoms with Crippen molar-refractivity contribution in [3.63, 3.8) is 0 Å². The summed E-state index contributed by atoms with van der Waals surface area (Å²) >= 11 is 0. The van der Waals surface area contributed by atoms with Crippen molar-refractivity contribution in [2.24, 2.45) is 0 Å². The molecule has 1 saturated carbocycles. The number of carbonyl (C=O) groups is 1. The molecule has 0 bridgehead atoms. The lowest BCUT2D eigenvalue weighted by atomic mass is 10.1. The second-order valence-corrected chi connectivity index (χ2v) is 6.66. The Kier molecular flexibility index (Phi) is 4.64. The zero-order chi connectivity index (χ0) is 13.9. The van der Waals surface area contributed by atoms with E-state index in [-0.39, 0.29) is 6.04 Å².